The summed E-state index contributed by atoms with van der Waals surface area (Å²) in [6, 6.07) is 12.0. The maximum absolute atomic E-state index is 11.9. The third-order valence-electron chi connectivity index (χ3n) is 6.63. The van der Waals surface area contributed by atoms with Crippen molar-refractivity contribution in [2.75, 3.05) is 12.4 Å². The fraction of sp³-hybridized carbons (Fsp3) is 0.556. The smallest absolute Gasteiger partial charge is 0.308 e. The van der Waals surface area contributed by atoms with Crippen LogP contribution in [-0.2, 0) is 15.5 Å². The number of rotatable bonds is 10. The van der Waals surface area contributed by atoms with Gasteiger partial charge in [0.1, 0.15) is 18.1 Å². The fourth-order valence-corrected chi connectivity index (χ4v) is 4.58. The van der Waals surface area contributed by atoms with Gasteiger partial charge in [-0.3, -0.25) is 0 Å². The molecule has 0 fully saturated rings. The molecule has 0 aliphatic carbocycles. The zero-order chi connectivity index (χ0) is 25.0. The summed E-state index contributed by atoms with van der Waals surface area (Å²) < 4.78 is 35.0. The van der Waals surface area contributed by atoms with E-state index in [-0.39, 0.29) is 23.2 Å². The SMILES string of the molecule is CCC(CC)(c1ccc(OCC(O)C(C)(C)C)c(C)c1)c1ccc(OS(=O)(=O)CC)c(C)c1. The van der Waals surface area contributed by atoms with Gasteiger partial charge in [-0.2, -0.15) is 8.42 Å². The Bertz CT molecular complexity index is 1050. The summed E-state index contributed by atoms with van der Waals surface area (Å²) in [5.41, 5.74) is 3.67. The van der Waals surface area contributed by atoms with Crippen molar-refractivity contribution >= 4 is 10.1 Å². The number of hydrogen-bond donors (Lipinski definition) is 1. The second kappa shape index (κ2) is 10.5. The quantitative estimate of drug-likeness (QED) is 0.431. The average molecular weight is 477 g/mol. The Hall–Kier alpha value is -2.05. The van der Waals surface area contributed by atoms with Crippen LogP contribution in [0, 0.1) is 19.3 Å². The molecule has 33 heavy (non-hydrogen) atoms. The molecule has 0 radical (unpaired) electrons. The topological polar surface area (TPSA) is 72.8 Å². The number of hydrogen-bond acceptors (Lipinski definition) is 5. The van der Waals surface area contributed by atoms with Crippen LogP contribution < -0.4 is 8.92 Å². The van der Waals surface area contributed by atoms with E-state index >= 15 is 0 Å². The second-order valence-electron chi connectivity index (χ2n) is 9.87. The van der Waals surface area contributed by atoms with Crippen molar-refractivity contribution in [1.82, 2.24) is 0 Å². The van der Waals surface area contributed by atoms with Crippen LogP contribution in [0.2, 0.25) is 0 Å². The van der Waals surface area contributed by atoms with E-state index in [0.29, 0.717) is 5.75 Å². The minimum absolute atomic E-state index is 0.0669. The molecule has 0 aliphatic rings. The van der Waals surface area contributed by atoms with Gasteiger partial charge < -0.3 is 14.0 Å². The van der Waals surface area contributed by atoms with Gasteiger partial charge in [-0.15, -0.1) is 0 Å². The van der Waals surface area contributed by atoms with Crippen molar-refractivity contribution in [2.45, 2.75) is 79.8 Å². The lowest BCUT2D eigenvalue weighted by atomic mass is 9.70. The van der Waals surface area contributed by atoms with Crippen LogP contribution in [0.25, 0.3) is 0 Å². The van der Waals surface area contributed by atoms with Crippen molar-refractivity contribution in [3.8, 4) is 11.5 Å². The van der Waals surface area contributed by atoms with Crippen molar-refractivity contribution in [2.24, 2.45) is 5.41 Å². The molecule has 0 heterocycles. The molecule has 0 aliphatic heterocycles. The highest BCUT2D eigenvalue weighted by Gasteiger charge is 2.32. The largest absolute Gasteiger partial charge is 0.491 e. The van der Waals surface area contributed by atoms with Gasteiger partial charge in [0.05, 0.1) is 11.9 Å². The molecule has 0 aromatic heterocycles. The van der Waals surface area contributed by atoms with E-state index < -0.39 is 16.2 Å². The molecule has 1 N–H and O–H groups in total. The number of aliphatic hydroxyl groups is 1. The van der Waals surface area contributed by atoms with Gasteiger partial charge in [0.2, 0.25) is 0 Å². The first-order chi connectivity index (χ1) is 15.3. The van der Waals surface area contributed by atoms with Crippen LogP contribution in [0.15, 0.2) is 36.4 Å². The summed E-state index contributed by atoms with van der Waals surface area (Å²) in [5.74, 6) is 1.08. The van der Waals surface area contributed by atoms with E-state index in [9.17, 15) is 13.5 Å². The maximum Gasteiger partial charge on any atom is 0.308 e. The molecule has 2 rings (SSSR count). The molecule has 0 spiro atoms. The normalized spacial score (nSPS) is 13.6. The Morgan fingerprint density at radius 2 is 1.36 bits per heavy atom. The number of ether oxygens (including phenoxy) is 1. The Labute approximate surface area is 200 Å². The molecule has 6 heteroatoms. The van der Waals surface area contributed by atoms with E-state index in [2.05, 4.69) is 26.0 Å². The van der Waals surface area contributed by atoms with Crippen molar-refractivity contribution < 1.29 is 22.4 Å². The molecule has 0 saturated carbocycles. The van der Waals surface area contributed by atoms with Gasteiger partial charge in [0.15, 0.2) is 0 Å². The minimum atomic E-state index is -3.57. The van der Waals surface area contributed by atoms with Crippen molar-refractivity contribution in [3.63, 3.8) is 0 Å². The first-order valence-corrected chi connectivity index (χ1v) is 13.3. The van der Waals surface area contributed by atoms with E-state index in [0.717, 1.165) is 35.3 Å². The van der Waals surface area contributed by atoms with Crippen LogP contribution >= 0.6 is 0 Å². The second-order valence-corrected chi connectivity index (χ2v) is 11.7. The van der Waals surface area contributed by atoms with E-state index in [1.807, 2.05) is 52.8 Å². The summed E-state index contributed by atoms with van der Waals surface area (Å²) >= 11 is 0. The van der Waals surface area contributed by atoms with E-state index in [4.69, 9.17) is 8.92 Å². The lowest BCUT2D eigenvalue weighted by Gasteiger charge is -2.34. The number of aliphatic hydroxyl groups excluding tert-OH is 1. The highest BCUT2D eigenvalue weighted by molar-refractivity contribution is 7.87. The standard InChI is InChI=1S/C27H40O5S/c1-9-27(10-2,22-13-15-24(20(5)17-22)32-33(29,30)11-3)21-12-14-23(19(4)16-21)31-18-25(28)26(6,7)8/h12-17,25,28H,9-11,18H2,1-8H3. The fourth-order valence-electron chi connectivity index (χ4n) is 4.00. The van der Waals surface area contributed by atoms with E-state index in [1.54, 1.807) is 13.0 Å². The summed E-state index contributed by atoms with van der Waals surface area (Å²) in [6.45, 7) is 16.0. The van der Waals surface area contributed by atoms with Gasteiger partial charge in [-0.25, -0.2) is 0 Å². The molecule has 0 bridgehead atoms. The summed E-state index contributed by atoms with van der Waals surface area (Å²) in [6.07, 6.45) is 1.22. The van der Waals surface area contributed by atoms with Crippen molar-refractivity contribution in [1.29, 1.82) is 0 Å². The number of benzene rings is 2. The highest BCUT2D eigenvalue weighted by Crippen LogP contribution is 2.41. The van der Waals surface area contributed by atoms with Crippen LogP contribution in [0.3, 0.4) is 0 Å². The Morgan fingerprint density at radius 3 is 1.76 bits per heavy atom. The van der Waals surface area contributed by atoms with Gasteiger partial charge in [-0.1, -0.05) is 58.9 Å². The summed E-state index contributed by atoms with van der Waals surface area (Å²) in [4.78, 5) is 0. The Morgan fingerprint density at radius 1 is 0.879 bits per heavy atom. The summed E-state index contributed by atoms with van der Waals surface area (Å²) in [7, 11) is -3.57. The predicted octanol–water partition coefficient (Wildman–Crippen LogP) is 5.92. The maximum atomic E-state index is 11.9. The third kappa shape index (κ3) is 6.30. The van der Waals surface area contributed by atoms with Gasteiger partial charge in [-0.05, 0) is 73.4 Å². The lowest BCUT2D eigenvalue weighted by molar-refractivity contribution is 0.0216. The molecule has 0 amide bonds. The first-order valence-electron chi connectivity index (χ1n) is 11.7. The highest BCUT2D eigenvalue weighted by atomic mass is 32.2. The van der Waals surface area contributed by atoms with Crippen molar-refractivity contribution in [3.05, 3.63) is 58.7 Å². The molecule has 5 nitrogen and oxygen atoms in total. The summed E-state index contributed by atoms with van der Waals surface area (Å²) in [5, 5.41) is 10.3. The molecule has 1 atom stereocenters. The molecular weight excluding hydrogens is 436 g/mol. The molecule has 2 aromatic carbocycles. The molecule has 2 aromatic rings. The minimum Gasteiger partial charge on any atom is -0.491 e. The Kier molecular flexibility index (Phi) is 8.63. The van der Waals surface area contributed by atoms with Crippen LogP contribution in [0.4, 0.5) is 0 Å². The first kappa shape index (κ1) is 27.2. The Balaban J connectivity index is 2.39. The van der Waals surface area contributed by atoms with Gasteiger partial charge >= 0.3 is 10.1 Å². The monoisotopic (exact) mass is 476 g/mol. The molecule has 1 unspecified atom stereocenters. The molecule has 0 saturated heterocycles. The lowest BCUT2D eigenvalue weighted by Crippen LogP contribution is -2.32. The zero-order valence-corrected chi connectivity index (χ0v) is 22.2. The van der Waals surface area contributed by atoms with Gasteiger partial charge in [0.25, 0.3) is 0 Å². The third-order valence-corrected chi connectivity index (χ3v) is 7.77. The van der Waals surface area contributed by atoms with Crippen LogP contribution in [0.1, 0.15) is 76.6 Å². The van der Waals surface area contributed by atoms with E-state index in [1.165, 1.54) is 5.56 Å². The zero-order valence-electron chi connectivity index (χ0n) is 21.4. The predicted molar refractivity (Wildman–Crippen MR) is 135 cm³/mol. The molecule has 184 valence electrons. The van der Waals surface area contributed by atoms with Gasteiger partial charge in [0, 0.05) is 5.41 Å². The van der Waals surface area contributed by atoms with Crippen LogP contribution in [-0.4, -0.2) is 32.0 Å². The number of aryl methyl sites for hydroxylation is 2. The van der Waals surface area contributed by atoms with Crippen LogP contribution in [0.5, 0.6) is 11.5 Å². The molecular formula is C27H40O5S. The average Bonchev–Trinajstić information content (AvgIpc) is 2.75.